The molecular weight excluding hydrogens is 548 g/mol. The summed E-state index contributed by atoms with van der Waals surface area (Å²) in [6.07, 6.45) is 4.93. The summed E-state index contributed by atoms with van der Waals surface area (Å²) in [4.78, 5) is 35.0. The topological polar surface area (TPSA) is 155 Å². The number of piperidine rings is 1. The maximum absolute atomic E-state index is 14.0. The molecule has 0 radical (unpaired) electrons. The van der Waals surface area contributed by atoms with Gasteiger partial charge in [-0.2, -0.15) is 4.72 Å². The van der Waals surface area contributed by atoms with E-state index in [1.165, 1.54) is 4.90 Å². The fraction of sp³-hybridized carbons (Fsp3) is 0.607. The van der Waals surface area contributed by atoms with Crippen LogP contribution in [0.2, 0.25) is 0 Å². The van der Waals surface area contributed by atoms with Crippen LogP contribution in [-0.4, -0.2) is 73.9 Å². The van der Waals surface area contributed by atoms with Crippen LogP contribution in [0.25, 0.3) is 0 Å². The van der Waals surface area contributed by atoms with E-state index in [1.807, 2.05) is 19.9 Å². The highest BCUT2D eigenvalue weighted by Crippen LogP contribution is 2.32. The van der Waals surface area contributed by atoms with Crippen molar-refractivity contribution in [1.82, 2.24) is 19.6 Å². The van der Waals surface area contributed by atoms with Gasteiger partial charge < -0.3 is 30.0 Å². The maximum atomic E-state index is 14.0. The van der Waals surface area contributed by atoms with E-state index in [9.17, 15) is 18.0 Å². The number of nitrogens with one attached hydrogen (secondary N) is 4. The summed E-state index contributed by atoms with van der Waals surface area (Å²) in [6, 6.07) is 4.15. The van der Waals surface area contributed by atoms with Crippen molar-refractivity contribution < 1.29 is 27.5 Å². The average Bonchev–Trinajstić information content (AvgIpc) is 3.46. The first-order valence-corrected chi connectivity index (χ1v) is 15.9. The molecule has 4 atom stereocenters. The van der Waals surface area contributed by atoms with Crippen LogP contribution in [0.3, 0.4) is 0 Å². The Morgan fingerprint density at radius 1 is 1.24 bits per heavy atom. The number of amides is 1. The third kappa shape index (κ3) is 8.13. The number of hydrogen-bond acceptors (Lipinski definition) is 9. The van der Waals surface area contributed by atoms with Crippen molar-refractivity contribution in [3.05, 3.63) is 36.2 Å². The van der Waals surface area contributed by atoms with Gasteiger partial charge in [-0.25, -0.2) is 18.2 Å². The number of anilines is 2. The molecule has 2 aliphatic rings. The molecule has 0 aliphatic carbocycles. The fourth-order valence-electron chi connectivity index (χ4n) is 5.24. The molecule has 1 aromatic carbocycles. The molecule has 0 spiro atoms. The van der Waals surface area contributed by atoms with Gasteiger partial charge in [-0.15, -0.1) is 0 Å². The molecule has 13 heteroatoms. The summed E-state index contributed by atoms with van der Waals surface area (Å²) in [5.74, 6) is 0.763. The van der Waals surface area contributed by atoms with Crippen molar-refractivity contribution in [3.63, 3.8) is 0 Å². The SMILES string of the molecule is CCCOC(=O)O[C@@H]1C[C@H](C)CCN1C(=O)[C@H](CCCNc1ncc[nH]1)NS(=O)(=O)c1cccc2c1NCC(C)C2. The minimum atomic E-state index is -4.08. The number of H-pyrrole nitrogens is 1. The standard InChI is InChI=1S/C28H42N6O6S/c1-4-15-39-28(36)40-24-17-19(2)10-14-34(24)26(35)22(8-6-11-29-27-30-12-13-31-27)33-41(37,38)23-9-5-7-21-16-20(3)18-32-25(21)23/h5,7,9,12-13,19-20,22,24,32-33H,4,6,8,10-11,14-18H2,1-3H3,(H2,29,30,31)/t19-,20?,22+,24-/m1/s1. The van der Waals surface area contributed by atoms with Crippen molar-refractivity contribution in [2.24, 2.45) is 11.8 Å². The van der Waals surface area contributed by atoms with Crippen molar-refractivity contribution in [2.75, 3.05) is 36.9 Å². The summed E-state index contributed by atoms with van der Waals surface area (Å²) in [5.41, 5.74) is 1.51. The van der Waals surface area contributed by atoms with Crippen LogP contribution in [0.1, 0.15) is 58.4 Å². The number of carbonyl (C=O) groups excluding carboxylic acids is 2. The van der Waals surface area contributed by atoms with Crippen LogP contribution in [0, 0.1) is 11.8 Å². The Bertz CT molecular complexity index is 1270. The second kappa shape index (κ2) is 14.0. The normalized spacial score (nSPS) is 21.3. The molecule has 1 fully saturated rings. The Hall–Kier alpha value is -3.32. The van der Waals surface area contributed by atoms with E-state index < -0.39 is 34.4 Å². The molecule has 2 aromatic rings. The zero-order valence-electron chi connectivity index (χ0n) is 24.0. The molecule has 1 aromatic heterocycles. The lowest BCUT2D eigenvalue weighted by Gasteiger charge is -2.39. The third-order valence-corrected chi connectivity index (χ3v) is 8.92. The summed E-state index contributed by atoms with van der Waals surface area (Å²) in [5, 5.41) is 6.40. The number of rotatable bonds is 12. The van der Waals surface area contributed by atoms with Crippen LogP contribution in [0.5, 0.6) is 0 Å². The number of fused-ring (bicyclic) bond motifs is 1. The van der Waals surface area contributed by atoms with Crippen molar-refractivity contribution in [1.29, 1.82) is 0 Å². The maximum Gasteiger partial charge on any atom is 0.510 e. The molecule has 0 saturated carbocycles. The molecule has 1 unspecified atom stereocenters. The van der Waals surface area contributed by atoms with E-state index in [1.54, 1.807) is 24.5 Å². The number of para-hydroxylation sites is 1. The van der Waals surface area contributed by atoms with Gasteiger partial charge in [0.2, 0.25) is 15.9 Å². The van der Waals surface area contributed by atoms with Crippen LogP contribution < -0.4 is 15.4 Å². The highest BCUT2D eigenvalue weighted by molar-refractivity contribution is 7.89. The number of hydrogen-bond donors (Lipinski definition) is 4. The number of sulfonamides is 1. The summed E-state index contributed by atoms with van der Waals surface area (Å²) in [7, 11) is -4.08. The van der Waals surface area contributed by atoms with Crippen molar-refractivity contribution >= 4 is 33.7 Å². The Morgan fingerprint density at radius 2 is 2.07 bits per heavy atom. The number of aromatic nitrogens is 2. The Balaban J connectivity index is 1.54. The predicted octanol–water partition coefficient (Wildman–Crippen LogP) is 3.70. The van der Waals surface area contributed by atoms with E-state index in [0.29, 0.717) is 62.9 Å². The molecule has 41 heavy (non-hydrogen) atoms. The molecule has 1 saturated heterocycles. The van der Waals surface area contributed by atoms with Gasteiger partial charge in [0.15, 0.2) is 12.2 Å². The average molecular weight is 591 g/mol. The second-order valence-electron chi connectivity index (χ2n) is 11.0. The number of nitrogens with zero attached hydrogens (tertiary/aromatic N) is 2. The first-order chi connectivity index (χ1) is 19.7. The van der Waals surface area contributed by atoms with Gasteiger partial charge in [-0.3, -0.25) is 4.79 Å². The Kier molecular flexibility index (Phi) is 10.5. The van der Waals surface area contributed by atoms with Gasteiger partial charge in [-0.1, -0.05) is 32.9 Å². The number of likely N-dealkylation sites (tertiary alicyclic amines) is 1. The number of ether oxygens (including phenoxy) is 2. The van der Waals surface area contributed by atoms with Crippen LogP contribution >= 0.6 is 0 Å². The molecule has 4 N–H and O–H groups in total. The molecule has 12 nitrogen and oxygen atoms in total. The Morgan fingerprint density at radius 3 is 2.83 bits per heavy atom. The lowest BCUT2D eigenvalue weighted by atomic mass is 9.96. The van der Waals surface area contributed by atoms with Crippen molar-refractivity contribution in [2.45, 2.75) is 76.5 Å². The van der Waals surface area contributed by atoms with Gasteiger partial charge in [-0.05, 0) is 55.6 Å². The second-order valence-corrected chi connectivity index (χ2v) is 12.7. The largest absolute Gasteiger partial charge is 0.510 e. The lowest BCUT2D eigenvalue weighted by molar-refractivity contribution is -0.150. The van der Waals surface area contributed by atoms with E-state index >= 15 is 0 Å². The van der Waals surface area contributed by atoms with Gasteiger partial charge >= 0.3 is 6.16 Å². The molecule has 1 amide bonds. The smallest absolute Gasteiger partial charge is 0.434 e. The quantitative estimate of drug-likeness (QED) is 0.214. The number of imidazole rings is 1. The molecule has 3 heterocycles. The first-order valence-electron chi connectivity index (χ1n) is 14.4. The summed E-state index contributed by atoms with van der Waals surface area (Å²) in [6.45, 7) is 7.71. The molecule has 2 aliphatic heterocycles. The first kappa shape index (κ1) is 30.6. The van der Waals surface area contributed by atoms with E-state index in [4.69, 9.17) is 9.47 Å². The van der Waals surface area contributed by atoms with Gasteiger partial charge in [0.1, 0.15) is 10.9 Å². The van der Waals surface area contributed by atoms with Crippen LogP contribution in [0.15, 0.2) is 35.5 Å². The number of benzene rings is 1. The van der Waals surface area contributed by atoms with Gasteiger partial charge in [0.05, 0.1) is 12.3 Å². The zero-order chi connectivity index (χ0) is 29.4. The molecule has 4 rings (SSSR count). The van der Waals surface area contributed by atoms with Crippen LogP contribution in [-0.2, 0) is 30.7 Å². The van der Waals surface area contributed by atoms with Crippen LogP contribution in [0.4, 0.5) is 16.4 Å². The third-order valence-electron chi connectivity index (χ3n) is 7.41. The highest BCUT2D eigenvalue weighted by atomic mass is 32.2. The van der Waals surface area contributed by atoms with E-state index in [2.05, 4.69) is 32.2 Å². The fourth-order valence-corrected chi connectivity index (χ4v) is 6.69. The number of aromatic amines is 1. The molecule has 0 bridgehead atoms. The minimum Gasteiger partial charge on any atom is -0.434 e. The zero-order valence-corrected chi connectivity index (χ0v) is 24.8. The van der Waals surface area contributed by atoms with E-state index in [0.717, 1.165) is 12.0 Å². The molecule has 226 valence electrons. The monoisotopic (exact) mass is 590 g/mol. The Labute approximate surface area is 242 Å². The summed E-state index contributed by atoms with van der Waals surface area (Å²) >= 11 is 0. The minimum absolute atomic E-state index is 0.122. The molecular formula is C28H42N6O6S. The lowest BCUT2D eigenvalue weighted by Crippen LogP contribution is -2.55. The van der Waals surface area contributed by atoms with Gasteiger partial charge in [0.25, 0.3) is 0 Å². The van der Waals surface area contributed by atoms with Crippen molar-refractivity contribution in [3.8, 4) is 0 Å². The summed E-state index contributed by atoms with van der Waals surface area (Å²) < 4.78 is 40.9. The highest BCUT2D eigenvalue weighted by Gasteiger charge is 2.38. The number of carbonyl (C=O) groups is 2. The van der Waals surface area contributed by atoms with E-state index in [-0.39, 0.29) is 23.8 Å². The predicted molar refractivity (Wildman–Crippen MR) is 155 cm³/mol. The van der Waals surface area contributed by atoms with Gasteiger partial charge in [0, 0.05) is 38.4 Å².